The third-order valence-electron chi connectivity index (χ3n) is 4.24. The first kappa shape index (κ1) is 15.7. The zero-order valence-corrected chi connectivity index (χ0v) is 13.0. The van der Waals surface area contributed by atoms with Crippen molar-refractivity contribution in [2.45, 2.75) is 11.8 Å². The molecule has 1 heterocycles. The average Bonchev–Trinajstić information content (AvgIpc) is 2.62. The molecular formula is C20H17NO3. The van der Waals surface area contributed by atoms with Crippen molar-refractivity contribution in [1.29, 1.82) is 0 Å². The van der Waals surface area contributed by atoms with Gasteiger partial charge in [0.2, 0.25) is 0 Å². The molecule has 1 unspecified atom stereocenters. The Bertz CT molecular complexity index is 817. The van der Waals surface area contributed by atoms with Crippen LogP contribution < -0.4 is 4.73 Å². The summed E-state index contributed by atoms with van der Waals surface area (Å²) in [6.45, 7) is 0. The highest BCUT2D eigenvalue weighted by Crippen LogP contribution is 2.36. The summed E-state index contributed by atoms with van der Waals surface area (Å²) >= 11 is 0. The number of carbonyl (C=O) groups is 1. The van der Waals surface area contributed by atoms with Crippen LogP contribution in [0.15, 0.2) is 85.2 Å². The fourth-order valence-electron chi connectivity index (χ4n) is 3.02. The van der Waals surface area contributed by atoms with Crippen molar-refractivity contribution in [3.05, 3.63) is 107 Å². The number of aromatic nitrogens is 1. The van der Waals surface area contributed by atoms with Crippen LogP contribution in [0.4, 0.5) is 0 Å². The van der Waals surface area contributed by atoms with E-state index in [1.54, 1.807) is 12.1 Å². The Morgan fingerprint density at radius 3 is 1.92 bits per heavy atom. The largest absolute Gasteiger partial charge is 0.619 e. The highest BCUT2D eigenvalue weighted by molar-refractivity contribution is 5.86. The smallest absolute Gasteiger partial charge is 0.318 e. The van der Waals surface area contributed by atoms with E-state index in [1.165, 1.54) is 12.4 Å². The highest BCUT2D eigenvalue weighted by atomic mass is 16.5. The third kappa shape index (κ3) is 2.86. The van der Waals surface area contributed by atoms with Crippen LogP contribution in [0.5, 0.6) is 0 Å². The molecule has 4 nitrogen and oxygen atoms in total. The maximum absolute atomic E-state index is 12.4. The first-order chi connectivity index (χ1) is 11.6. The van der Waals surface area contributed by atoms with Gasteiger partial charge in [0.15, 0.2) is 12.4 Å². The van der Waals surface area contributed by atoms with Crippen LogP contribution >= 0.6 is 0 Å². The van der Waals surface area contributed by atoms with Crippen molar-refractivity contribution in [1.82, 2.24) is 0 Å². The van der Waals surface area contributed by atoms with Crippen molar-refractivity contribution in [2.24, 2.45) is 0 Å². The molecule has 24 heavy (non-hydrogen) atoms. The van der Waals surface area contributed by atoms with Gasteiger partial charge in [-0.15, -0.1) is 0 Å². The van der Waals surface area contributed by atoms with E-state index in [0.717, 1.165) is 5.56 Å². The highest BCUT2D eigenvalue weighted by Gasteiger charge is 2.42. The van der Waals surface area contributed by atoms with E-state index in [9.17, 15) is 15.1 Å². The van der Waals surface area contributed by atoms with Gasteiger partial charge in [0.1, 0.15) is 5.41 Å². The predicted octanol–water partition coefficient (Wildman–Crippen LogP) is 2.93. The molecule has 1 aromatic heterocycles. The molecule has 0 saturated carbocycles. The first-order valence-electron chi connectivity index (χ1n) is 7.65. The number of hydrogen-bond acceptors (Lipinski definition) is 2. The number of rotatable bonds is 5. The summed E-state index contributed by atoms with van der Waals surface area (Å²) < 4.78 is 0.656. The van der Waals surface area contributed by atoms with Crippen molar-refractivity contribution in [3.63, 3.8) is 0 Å². The average molecular weight is 319 g/mol. The molecule has 0 bridgehead atoms. The van der Waals surface area contributed by atoms with Crippen LogP contribution in [-0.4, -0.2) is 11.1 Å². The fourth-order valence-corrected chi connectivity index (χ4v) is 3.02. The van der Waals surface area contributed by atoms with Gasteiger partial charge >= 0.3 is 5.97 Å². The zero-order valence-electron chi connectivity index (χ0n) is 13.0. The molecule has 0 spiro atoms. The lowest BCUT2D eigenvalue weighted by Crippen LogP contribution is -2.40. The molecule has 3 rings (SSSR count). The van der Waals surface area contributed by atoms with Gasteiger partial charge in [0.25, 0.3) is 0 Å². The molecule has 0 radical (unpaired) electrons. The number of aliphatic carboxylic acids is 1. The monoisotopic (exact) mass is 319 g/mol. The Labute approximate surface area is 140 Å². The Kier molecular flexibility index (Phi) is 4.29. The SMILES string of the molecule is O=C(O)C(Cc1ccccc1)(c1ccccc1)c1cc[n+]([O-])cc1. The summed E-state index contributed by atoms with van der Waals surface area (Å²) in [7, 11) is 0. The Hall–Kier alpha value is -3.14. The normalized spacial score (nSPS) is 13.2. The number of benzene rings is 2. The second-order valence-electron chi connectivity index (χ2n) is 5.69. The van der Waals surface area contributed by atoms with E-state index in [2.05, 4.69) is 0 Å². The fraction of sp³-hybridized carbons (Fsp3) is 0.100. The van der Waals surface area contributed by atoms with Gasteiger partial charge in [-0.2, -0.15) is 4.73 Å². The molecule has 0 saturated heterocycles. The van der Waals surface area contributed by atoms with E-state index < -0.39 is 11.4 Å². The van der Waals surface area contributed by atoms with Crippen LogP contribution in [0.1, 0.15) is 16.7 Å². The van der Waals surface area contributed by atoms with Gasteiger partial charge in [0, 0.05) is 12.1 Å². The summed E-state index contributed by atoms with van der Waals surface area (Å²) in [5.74, 6) is -0.943. The number of pyridine rings is 1. The molecule has 120 valence electrons. The predicted molar refractivity (Wildman–Crippen MR) is 90.4 cm³/mol. The van der Waals surface area contributed by atoms with E-state index in [4.69, 9.17) is 0 Å². The molecule has 0 aliphatic rings. The summed E-state index contributed by atoms with van der Waals surface area (Å²) in [5.41, 5.74) is 0.932. The van der Waals surface area contributed by atoms with Gasteiger partial charge in [0.05, 0.1) is 0 Å². The van der Waals surface area contributed by atoms with E-state index in [0.29, 0.717) is 22.3 Å². The van der Waals surface area contributed by atoms with Crippen molar-refractivity contribution in [3.8, 4) is 0 Å². The number of hydrogen-bond donors (Lipinski definition) is 1. The van der Waals surface area contributed by atoms with Gasteiger partial charge in [-0.1, -0.05) is 60.7 Å². The minimum atomic E-state index is -1.25. The van der Waals surface area contributed by atoms with Crippen LogP contribution in [0.25, 0.3) is 0 Å². The lowest BCUT2D eigenvalue weighted by atomic mass is 9.70. The van der Waals surface area contributed by atoms with Crippen LogP contribution in [-0.2, 0) is 16.6 Å². The maximum atomic E-state index is 12.4. The quantitative estimate of drug-likeness (QED) is 0.581. The van der Waals surface area contributed by atoms with Crippen LogP contribution in [0.2, 0.25) is 0 Å². The third-order valence-corrected chi connectivity index (χ3v) is 4.24. The zero-order chi connectivity index (χ0) is 17.0. The molecule has 4 heteroatoms. The lowest BCUT2D eigenvalue weighted by molar-refractivity contribution is -0.605. The summed E-state index contributed by atoms with van der Waals surface area (Å²) in [5, 5.41) is 21.6. The number of carboxylic acids is 1. The lowest BCUT2D eigenvalue weighted by Gasteiger charge is -2.30. The molecule has 2 aromatic carbocycles. The first-order valence-corrected chi connectivity index (χ1v) is 7.65. The van der Waals surface area contributed by atoms with Gasteiger partial charge < -0.3 is 10.3 Å². The molecule has 0 fully saturated rings. The Morgan fingerprint density at radius 1 is 0.875 bits per heavy atom. The number of carboxylic acid groups (broad SMARTS) is 1. The van der Waals surface area contributed by atoms with Crippen LogP contribution in [0, 0.1) is 5.21 Å². The second-order valence-corrected chi connectivity index (χ2v) is 5.69. The van der Waals surface area contributed by atoms with Crippen LogP contribution in [0.3, 0.4) is 0 Å². The summed E-state index contributed by atoms with van der Waals surface area (Å²) in [4.78, 5) is 12.4. The van der Waals surface area contributed by atoms with E-state index >= 15 is 0 Å². The maximum Gasteiger partial charge on any atom is 0.318 e. The second kappa shape index (κ2) is 6.54. The van der Waals surface area contributed by atoms with Gasteiger partial charge in [-0.05, 0) is 23.1 Å². The molecule has 0 amide bonds. The summed E-state index contributed by atoms with van der Waals surface area (Å²) in [6, 6.07) is 21.8. The molecule has 3 aromatic rings. The Morgan fingerprint density at radius 2 is 1.38 bits per heavy atom. The van der Waals surface area contributed by atoms with E-state index in [1.807, 2.05) is 60.7 Å². The Balaban J connectivity index is 2.21. The van der Waals surface area contributed by atoms with Crippen molar-refractivity contribution in [2.75, 3.05) is 0 Å². The van der Waals surface area contributed by atoms with E-state index in [-0.39, 0.29) is 0 Å². The summed E-state index contributed by atoms with van der Waals surface area (Å²) in [6.07, 6.45) is 2.97. The molecule has 0 aliphatic heterocycles. The minimum absolute atomic E-state index is 0.302. The molecule has 0 aliphatic carbocycles. The minimum Gasteiger partial charge on any atom is -0.619 e. The van der Waals surface area contributed by atoms with Crippen molar-refractivity contribution < 1.29 is 14.6 Å². The van der Waals surface area contributed by atoms with Crippen molar-refractivity contribution >= 4 is 5.97 Å². The standard InChI is InChI=1S/C20H17NO3/c22-19(23)20(17-9-5-2-6-10-17,15-16-7-3-1-4-8-16)18-11-13-21(24)14-12-18/h1-14H,15H2,(H,22,23). The number of nitrogens with zero attached hydrogens (tertiary/aromatic N) is 1. The topological polar surface area (TPSA) is 64.2 Å². The molecule has 1 atom stereocenters. The molecular weight excluding hydrogens is 302 g/mol. The van der Waals surface area contributed by atoms with Gasteiger partial charge in [-0.25, -0.2) is 0 Å². The molecule has 1 N–H and O–H groups in total. The van der Waals surface area contributed by atoms with Gasteiger partial charge in [-0.3, -0.25) is 4.79 Å².